The van der Waals surface area contributed by atoms with Crippen LogP contribution in [0.25, 0.3) is 0 Å². The molecular formula is C20H38N2O3. The summed E-state index contributed by atoms with van der Waals surface area (Å²) >= 11 is 0. The highest BCUT2D eigenvalue weighted by Gasteiger charge is 2.43. The molecule has 1 rings (SSSR count). The number of nitrogens with zero attached hydrogens (tertiary/aromatic N) is 1. The van der Waals surface area contributed by atoms with Gasteiger partial charge in [-0.1, -0.05) is 40.0 Å². The van der Waals surface area contributed by atoms with Gasteiger partial charge in [-0.25, -0.2) is 4.79 Å². The van der Waals surface area contributed by atoms with Gasteiger partial charge >= 0.3 is 6.09 Å². The molecule has 25 heavy (non-hydrogen) atoms. The Morgan fingerprint density at radius 2 is 1.80 bits per heavy atom. The third-order valence-electron chi connectivity index (χ3n) is 5.28. The van der Waals surface area contributed by atoms with Gasteiger partial charge in [0.25, 0.3) is 0 Å². The van der Waals surface area contributed by atoms with Gasteiger partial charge < -0.3 is 15.0 Å². The van der Waals surface area contributed by atoms with Crippen LogP contribution >= 0.6 is 0 Å². The number of hydrogen-bond donors (Lipinski definition) is 1. The Bertz CT molecular complexity index is 441. The zero-order chi connectivity index (χ0) is 19.2. The Labute approximate surface area is 153 Å². The van der Waals surface area contributed by atoms with Crippen LogP contribution in [0.5, 0.6) is 0 Å². The van der Waals surface area contributed by atoms with Crippen molar-refractivity contribution in [1.82, 2.24) is 10.2 Å². The molecule has 5 nitrogen and oxygen atoms in total. The van der Waals surface area contributed by atoms with Crippen LogP contribution in [-0.4, -0.2) is 41.1 Å². The van der Waals surface area contributed by atoms with Crippen LogP contribution in [0, 0.1) is 11.8 Å². The van der Waals surface area contributed by atoms with Crippen molar-refractivity contribution >= 4 is 12.0 Å². The first-order chi connectivity index (χ1) is 11.6. The van der Waals surface area contributed by atoms with E-state index in [4.69, 9.17) is 4.74 Å². The molecule has 2 amide bonds. The Hall–Kier alpha value is -1.26. The third-order valence-corrected chi connectivity index (χ3v) is 5.28. The molecule has 0 aromatic carbocycles. The van der Waals surface area contributed by atoms with Crippen molar-refractivity contribution in [2.45, 2.75) is 98.3 Å². The highest BCUT2D eigenvalue weighted by atomic mass is 16.6. The number of likely N-dealkylation sites (tertiary alicyclic amines) is 1. The summed E-state index contributed by atoms with van der Waals surface area (Å²) in [6.07, 6.45) is 4.80. The van der Waals surface area contributed by atoms with E-state index >= 15 is 0 Å². The van der Waals surface area contributed by atoms with Crippen LogP contribution in [-0.2, 0) is 9.53 Å². The molecule has 1 aliphatic heterocycles. The average molecular weight is 355 g/mol. The Balaban J connectivity index is 3.05. The molecule has 0 saturated carbocycles. The Morgan fingerprint density at radius 1 is 1.20 bits per heavy atom. The van der Waals surface area contributed by atoms with Crippen molar-refractivity contribution in [2.75, 3.05) is 6.54 Å². The normalized spacial score (nSPS) is 22.2. The molecule has 1 aliphatic rings. The highest BCUT2D eigenvalue weighted by molar-refractivity contribution is 5.74. The number of carbonyl (C=O) groups excluding carboxylic acids is 2. The van der Waals surface area contributed by atoms with E-state index in [0.717, 1.165) is 32.1 Å². The van der Waals surface area contributed by atoms with Gasteiger partial charge in [0.1, 0.15) is 5.60 Å². The molecule has 1 fully saturated rings. The molecule has 0 radical (unpaired) electrons. The number of carbonyl (C=O) groups is 2. The van der Waals surface area contributed by atoms with Gasteiger partial charge in [0.2, 0.25) is 5.91 Å². The SMILES string of the molecule is CCC(CC)C[C@H](NC(C)=O)[C@H]1[C@@H](CC)CCN1C(=O)OC(C)(C)C. The fourth-order valence-corrected chi connectivity index (χ4v) is 3.93. The van der Waals surface area contributed by atoms with E-state index in [-0.39, 0.29) is 24.1 Å². The summed E-state index contributed by atoms with van der Waals surface area (Å²) < 4.78 is 5.63. The lowest BCUT2D eigenvalue weighted by atomic mass is 9.85. The molecule has 0 aromatic heterocycles. The number of hydrogen-bond acceptors (Lipinski definition) is 3. The van der Waals surface area contributed by atoms with Crippen molar-refractivity contribution in [1.29, 1.82) is 0 Å². The second kappa shape index (κ2) is 9.44. The third kappa shape index (κ3) is 6.52. The molecule has 1 saturated heterocycles. The van der Waals surface area contributed by atoms with E-state index in [1.54, 1.807) is 6.92 Å². The van der Waals surface area contributed by atoms with Crippen molar-refractivity contribution < 1.29 is 14.3 Å². The van der Waals surface area contributed by atoms with Gasteiger partial charge in [-0.05, 0) is 45.4 Å². The van der Waals surface area contributed by atoms with E-state index < -0.39 is 5.60 Å². The minimum absolute atomic E-state index is 0.0117. The lowest BCUT2D eigenvalue weighted by molar-refractivity contribution is -0.120. The molecule has 0 aromatic rings. The fourth-order valence-electron chi connectivity index (χ4n) is 3.93. The van der Waals surface area contributed by atoms with Crippen molar-refractivity contribution in [2.24, 2.45) is 11.8 Å². The summed E-state index contributed by atoms with van der Waals surface area (Å²) in [5.41, 5.74) is -0.509. The molecule has 1 N–H and O–H groups in total. The van der Waals surface area contributed by atoms with E-state index in [2.05, 4.69) is 26.1 Å². The predicted octanol–water partition coefficient (Wildman–Crippen LogP) is 4.35. The Morgan fingerprint density at radius 3 is 2.24 bits per heavy atom. The summed E-state index contributed by atoms with van der Waals surface area (Å²) in [6, 6.07) is 0.00622. The first kappa shape index (κ1) is 21.8. The van der Waals surface area contributed by atoms with Crippen molar-refractivity contribution in [3.63, 3.8) is 0 Å². The number of ether oxygens (including phenoxy) is 1. The van der Waals surface area contributed by atoms with Crippen LogP contribution in [0.2, 0.25) is 0 Å². The van der Waals surface area contributed by atoms with Crippen LogP contribution < -0.4 is 5.32 Å². The molecule has 3 atom stereocenters. The molecule has 0 aliphatic carbocycles. The predicted molar refractivity (Wildman–Crippen MR) is 101 cm³/mol. The van der Waals surface area contributed by atoms with Crippen LogP contribution in [0.15, 0.2) is 0 Å². The van der Waals surface area contributed by atoms with Gasteiger partial charge in [-0.15, -0.1) is 0 Å². The smallest absolute Gasteiger partial charge is 0.410 e. The summed E-state index contributed by atoms with van der Waals surface area (Å²) in [5.74, 6) is 0.927. The maximum absolute atomic E-state index is 12.7. The van der Waals surface area contributed by atoms with Crippen molar-refractivity contribution in [3.05, 3.63) is 0 Å². The van der Waals surface area contributed by atoms with Gasteiger partial charge in [-0.3, -0.25) is 4.79 Å². The maximum atomic E-state index is 12.7. The van der Waals surface area contributed by atoms with Crippen LogP contribution in [0.3, 0.4) is 0 Å². The highest BCUT2D eigenvalue weighted by Crippen LogP contribution is 2.33. The van der Waals surface area contributed by atoms with Gasteiger partial charge in [-0.2, -0.15) is 0 Å². The first-order valence-corrected chi connectivity index (χ1v) is 9.89. The zero-order valence-corrected chi connectivity index (χ0v) is 17.2. The minimum Gasteiger partial charge on any atom is -0.444 e. The molecular weight excluding hydrogens is 316 g/mol. The summed E-state index contributed by atoms with van der Waals surface area (Å²) in [4.78, 5) is 26.4. The summed E-state index contributed by atoms with van der Waals surface area (Å²) in [7, 11) is 0. The van der Waals surface area contributed by atoms with Gasteiger partial charge in [0.15, 0.2) is 0 Å². The number of rotatable bonds is 7. The molecule has 146 valence electrons. The van der Waals surface area contributed by atoms with E-state index in [1.807, 2.05) is 25.7 Å². The molecule has 0 spiro atoms. The van der Waals surface area contributed by atoms with Crippen LogP contribution in [0.4, 0.5) is 4.79 Å². The summed E-state index contributed by atoms with van der Waals surface area (Å²) in [6.45, 7) is 14.5. The van der Waals surface area contributed by atoms with Crippen molar-refractivity contribution in [3.8, 4) is 0 Å². The maximum Gasteiger partial charge on any atom is 0.410 e. The standard InChI is InChI=1S/C20H38N2O3/c1-8-15(9-2)13-17(21-14(4)23)18-16(10-3)11-12-22(18)19(24)25-20(5,6)7/h15-18H,8-13H2,1-7H3,(H,21,23)/t16-,17-,18+/m0/s1. The molecule has 0 unspecified atom stereocenters. The molecule has 0 bridgehead atoms. The molecule has 1 heterocycles. The topological polar surface area (TPSA) is 58.6 Å². The zero-order valence-electron chi connectivity index (χ0n) is 17.2. The second-order valence-electron chi connectivity index (χ2n) is 8.35. The first-order valence-electron chi connectivity index (χ1n) is 9.89. The average Bonchev–Trinajstić information content (AvgIpc) is 2.93. The fraction of sp³-hybridized carbons (Fsp3) is 0.900. The van der Waals surface area contributed by atoms with Crippen LogP contribution in [0.1, 0.15) is 80.6 Å². The van der Waals surface area contributed by atoms with E-state index in [9.17, 15) is 9.59 Å². The van der Waals surface area contributed by atoms with Gasteiger partial charge in [0, 0.05) is 19.5 Å². The lowest BCUT2D eigenvalue weighted by Crippen LogP contribution is -2.54. The van der Waals surface area contributed by atoms with E-state index in [1.165, 1.54) is 0 Å². The summed E-state index contributed by atoms with van der Waals surface area (Å²) in [5, 5.41) is 3.14. The second-order valence-corrected chi connectivity index (χ2v) is 8.35. The number of nitrogens with one attached hydrogen (secondary N) is 1. The number of amides is 2. The molecule has 5 heteroatoms. The quantitative estimate of drug-likeness (QED) is 0.739. The Kier molecular flexibility index (Phi) is 8.23. The van der Waals surface area contributed by atoms with E-state index in [0.29, 0.717) is 18.4 Å². The lowest BCUT2D eigenvalue weighted by Gasteiger charge is -2.37. The monoisotopic (exact) mass is 354 g/mol. The minimum atomic E-state index is -0.509. The van der Waals surface area contributed by atoms with Gasteiger partial charge in [0.05, 0.1) is 6.04 Å². The largest absolute Gasteiger partial charge is 0.444 e.